The Kier molecular flexibility index (Phi) is 5.00. The van der Waals surface area contributed by atoms with Gasteiger partial charge in [0, 0.05) is 13.6 Å². The first-order chi connectivity index (χ1) is 8.36. The Balaban J connectivity index is 2.59. The van der Waals surface area contributed by atoms with Crippen LogP contribution in [0.25, 0.3) is 0 Å². The minimum Gasteiger partial charge on any atom is -0.355 e. The zero-order valence-corrected chi connectivity index (χ0v) is 10.7. The summed E-state index contributed by atoms with van der Waals surface area (Å²) < 4.78 is 38.1. The standard InChI is InChI=1S/C9H13F3N4OS/c1-3-4-13-6(17)5-18-8-15-14-7(16(8)2)9(10,11)12/h3-5H2,1-2H3,(H,13,17). The number of halogens is 3. The van der Waals surface area contributed by atoms with Gasteiger partial charge in [-0.05, 0) is 6.42 Å². The van der Waals surface area contributed by atoms with E-state index in [0.29, 0.717) is 6.54 Å². The highest BCUT2D eigenvalue weighted by atomic mass is 32.2. The number of carbonyl (C=O) groups excluding carboxylic acids is 1. The average molecular weight is 282 g/mol. The van der Waals surface area contributed by atoms with Crippen LogP contribution in [-0.4, -0.2) is 33.0 Å². The van der Waals surface area contributed by atoms with E-state index in [4.69, 9.17) is 0 Å². The van der Waals surface area contributed by atoms with Crippen molar-refractivity contribution in [2.75, 3.05) is 12.3 Å². The molecule has 18 heavy (non-hydrogen) atoms. The highest BCUT2D eigenvalue weighted by molar-refractivity contribution is 7.99. The van der Waals surface area contributed by atoms with Crippen molar-refractivity contribution < 1.29 is 18.0 Å². The predicted molar refractivity (Wildman–Crippen MR) is 60.0 cm³/mol. The third-order valence-electron chi connectivity index (χ3n) is 1.99. The molecule has 0 atom stereocenters. The number of nitrogens with zero attached hydrogens (tertiary/aromatic N) is 3. The van der Waals surface area contributed by atoms with Crippen LogP contribution < -0.4 is 5.32 Å². The molecule has 0 aliphatic carbocycles. The van der Waals surface area contributed by atoms with Gasteiger partial charge in [-0.25, -0.2) is 0 Å². The summed E-state index contributed by atoms with van der Waals surface area (Å²) in [7, 11) is 1.22. The Bertz CT molecular complexity index is 418. The lowest BCUT2D eigenvalue weighted by Crippen LogP contribution is -2.25. The molecule has 1 rings (SSSR count). The van der Waals surface area contributed by atoms with Crippen LogP contribution in [-0.2, 0) is 18.0 Å². The van der Waals surface area contributed by atoms with E-state index in [1.54, 1.807) is 0 Å². The van der Waals surface area contributed by atoms with Gasteiger partial charge >= 0.3 is 6.18 Å². The highest BCUT2D eigenvalue weighted by Gasteiger charge is 2.37. The molecule has 1 aromatic heterocycles. The fourth-order valence-electron chi connectivity index (χ4n) is 1.13. The Morgan fingerprint density at radius 1 is 1.44 bits per heavy atom. The molecule has 5 nitrogen and oxygen atoms in total. The summed E-state index contributed by atoms with van der Waals surface area (Å²) in [4.78, 5) is 11.3. The molecule has 0 aliphatic heterocycles. The van der Waals surface area contributed by atoms with Gasteiger partial charge in [0.2, 0.25) is 11.7 Å². The average Bonchev–Trinajstić information content (AvgIpc) is 2.64. The summed E-state index contributed by atoms with van der Waals surface area (Å²) in [6.45, 7) is 2.46. The van der Waals surface area contributed by atoms with Crippen molar-refractivity contribution in [1.29, 1.82) is 0 Å². The molecule has 0 aliphatic rings. The molecule has 9 heteroatoms. The van der Waals surface area contributed by atoms with E-state index in [2.05, 4.69) is 15.5 Å². The van der Waals surface area contributed by atoms with Crippen LogP contribution in [0, 0.1) is 0 Å². The number of nitrogens with one attached hydrogen (secondary N) is 1. The lowest BCUT2D eigenvalue weighted by atomic mass is 10.5. The molecule has 1 N–H and O–H groups in total. The molecule has 0 unspecified atom stereocenters. The number of amides is 1. The Labute approximate surface area is 106 Å². The Hall–Kier alpha value is -1.25. The largest absolute Gasteiger partial charge is 0.451 e. The van der Waals surface area contributed by atoms with Crippen molar-refractivity contribution in [3.63, 3.8) is 0 Å². The Morgan fingerprint density at radius 3 is 2.61 bits per heavy atom. The first-order valence-electron chi connectivity index (χ1n) is 5.22. The van der Waals surface area contributed by atoms with E-state index in [-0.39, 0.29) is 16.8 Å². The summed E-state index contributed by atoms with van der Waals surface area (Å²) in [5, 5.41) is 9.16. The van der Waals surface area contributed by atoms with Crippen molar-refractivity contribution >= 4 is 17.7 Å². The second-order valence-electron chi connectivity index (χ2n) is 3.50. The first-order valence-corrected chi connectivity index (χ1v) is 6.21. The molecule has 0 aromatic carbocycles. The quantitative estimate of drug-likeness (QED) is 0.830. The highest BCUT2D eigenvalue weighted by Crippen LogP contribution is 2.29. The monoisotopic (exact) mass is 282 g/mol. The van der Waals surface area contributed by atoms with Gasteiger partial charge in [0.1, 0.15) is 0 Å². The number of thioether (sulfide) groups is 1. The molecular formula is C9H13F3N4OS. The van der Waals surface area contributed by atoms with Gasteiger partial charge in [-0.2, -0.15) is 13.2 Å². The SMILES string of the molecule is CCCNC(=O)CSc1nnc(C(F)(F)F)n1C. The molecule has 102 valence electrons. The predicted octanol–water partition coefficient (Wildman–Crippen LogP) is 1.45. The molecule has 0 saturated heterocycles. The van der Waals surface area contributed by atoms with Crippen LogP contribution in [0.3, 0.4) is 0 Å². The molecule has 0 spiro atoms. The van der Waals surface area contributed by atoms with Gasteiger partial charge in [-0.15, -0.1) is 10.2 Å². The molecule has 1 amide bonds. The normalized spacial score (nSPS) is 11.6. The topological polar surface area (TPSA) is 59.8 Å². The van der Waals surface area contributed by atoms with Gasteiger partial charge in [0.15, 0.2) is 5.16 Å². The molecule has 0 radical (unpaired) electrons. The van der Waals surface area contributed by atoms with Gasteiger partial charge in [-0.1, -0.05) is 18.7 Å². The second-order valence-corrected chi connectivity index (χ2v) is 4.44. The number of hydrogen-bond acceptors (Lipinski definition) is 4. The van der Waals surface area contributed by atoms with Crippen LogP contribution in [0.5, 0.6) is 0 Å². The van der Waals surface area contributed by atoms with Gasteiger partial charge in [0.25, 0.3) is 0 Å². The van der Waals surface area contributed by atoms with Crippen LogP contribution in [0.1, 0.15) is 19.2 Å². The third kappa shape index (κ3) is 3.90. The Morgan fingerprint density at radius 2 is 2.11 bits per heavy atom. The summed E-state index contributed by atoms with van der Waals surface area (Å²) in [5.74, 6) is -1.29. The number of carbonyl (C=O) groups is 1. The smallest absolute Gasteiger partial charge is 0.355 e. The molecular weight excluding hydrogens is 269 g/mol. The summed E-state index contributed by atoms with van der Waals surface area (Å²) in [6, 6.07) is 0. The van der Waals surface area contributed by atoms with E-state index in [9.17, 15) is 18.0 Å². The van der Waals surface area contributed by atoms with Crippen molar-refractivity contribution in [2.45, 2.75) is 24.7 Å². The van der Waals surface area contributed by atoms with Gasteiger partial charge in [0.05, 0.1) is 5.75 Å². The van der Waals surface area contributed by atoms with E-state index in [1.165, 1.54) is 7.05 Å². The lowest BCUT2D eigenvalue weighted by Gasteiger charge is -2.06. The lowest BCUT2D eigenvalue weighted by molar-refractivity contribution is -0.147. The van der Waals surface area contributed by atoms with Crippen molar-refractivity contribution in [3.05, 3.63) is 5.82 Å². The summed E-state index contributed by atoms with van der Waals surface area (Å²) in [6.07, 6.45) is -3.73. The molecule has 0 bridgehead atoms. The van der Waals surface area contributed by atoms with E-state index in [1.807, 2.05) is 6.92 Å². The molecule has 1 heterocycles. The minimum absolute atomic E-state index is 0.0177. The number of aromatic nitrogens is 3. The maximum Gasteiger partial charge on any atom is 0.451 e. The molecule has 1 aromatic rings. The minimum atomic E-state index is -4.54. The van der Waals surface area contributed by atoms with Crippen molar-refractivity contribution in [1.82, 2.24) is 20.1 Å². The summed E-state index contributed by atoms with van der Waals surface area (Å²) >= 11 is 0.920. The third-order valence-corrected chi connectivity index (χ3v) is 3.01. The van der Waals surface area contributed by atoms with E-state index >= 15 is 0 Å². The van der Waals surface area contributed by atoms with E-state index < -0.39 is 12.0 Å². The van der Waals surface area contributed by atoms with Crippen LogP contribution in [0.15, 0.2) is 5.16 Å². The zero-order chi connectivity index (χ0) is 13.8. The fraction of sp³-hybridized carbons (Fsp3) is 0.667. The maximum absolute atomic E-state index is 12.4. The second kappa shape index (κ2) is 6.07. The number of hydrogen-bond donors (Lipinski definition) is 1. The van der Waals surface area contributed by atoms with Gasteiger partial charge < -0.3 is 9.88 Å². The number of alkyl halides is 3. The van der Waals surface area contributed by atoms with Crippen LogP contribution >= 0.6 is 11.8 Å². The van der Waals surface area contributed by atoms with E-state index in [0.717, 1.165) is 22.7 Å². The summed E-state index contributed by atoms with van der Waals surface area (Å²) in [5.41, 5.74) is 0. The van der Waals surface area contributed by atoms with Crippen LogP contribution in [0.2, 0.25) is 0 Å². The van der Waals surface area contributed by atoms with Crippen molar-refractivity contribution in [3.8, 4) is 0 Å². The van der Waals surface area contributed by atoms with Crippen LogP contribution in [0.4, 0.5) is 13.2 Å². The molecule has 0 fully saturated rings. The number of rotatable bonds is 5. The van der Waals surface area contributed by atoms with Gasteiger partial charge in [-0.3, -0.25) is 4.79 Å². The van der Waals surface area contributed by atoms with Crippen molar-refractivity contribution in [2.24, 2.45) is 7.05 Å². The maximum atomic E-state index is 12.4. The first kappa shape index (κ1) is 14.8. The fourth-order valence-corrected chi connectivity index (χ4v) is 1.87. The molecule has 0 saturated carbocycles. The zero-order valence-electron chi connectivity index (χ0n) is 9.91.